The minimum Gasteiger partial charge on any atom is -0.479 e. The van der Waals surface area contributed by atoms with Gasteiger partial charge in [0.15, 0.2) is 0 Å². The highest BCUT2D eigenvalue weighted by Gasteiger charge is 2.44. The van der Waals surface area contributed by atoms with Crippen molar-refractivity contribution in [3.63, 3.8) is 0 Å². The first-order valence-corrected chi connectivity index (χ1v) is 8.27. The highest BCUT2D eigenvalue weighted by atomic mass is 16.5. The second-order valence-electron chi connectivity index (χ2n) is 6.30. The van der Waals surface area contributed by atoms with Crippen LogP contribution in [0.25, 0.3) is 0 Å². The van der Waals surface area contributed by atoms with E-state index in [1.54, 1.807) is 0 Å². The molecule has 7 nitrogen and oxygen atoms in total. The molecule has 0 radical (unpaired) electrons. The first kappa shape index (κ1) is 20.6. The molecule has 1 unspecified atom stereocenters. The number of aryl methyl sites for hydroxylation is 1. The van der Waals surface area contributed by atoms with Crippen molar-refractivity contribution in [3.8, 4) is 0 Å². The van der Waals surface area contributed by atoms with E-state index in [2.05, 4.69) is 12.1 Å². The Hall–Kier alpha value is -2.41. The van der Waals surface area contributed by atoms with Crippen molar-refractivity contribution in [2.24, 2.45) is 17.4 Å². The summed E-state index contributed by atoms with van der Waals surface area (Å²) in [6, 6.07) is 10.1. The Morgan fingerprint density at radius 1 is 1.20 bits per heavy atom. The molecule has 1 aromatic carbocycles. The molecule has 138 valence electrons. The van der Waals surface area contributed by atoms with Gasteiger partial charge in [0.1, 0.15) is 0 Å². The highest BCUT2D eigenvalue weighted by molar-refractivity contribution is 6.04. The van der Waals surface area contributed by atoms with Crippen molar-refractivity contribution < 1.29 is 24.2 Å². The van der Waals surface area contributed by atoms with Crippen LogP contribution in [0.4, 0.5) is 0 Å². The maximum Gasteiger partial charge on any atom is 0.337 e. The molecule has 1 aromatic rings. The first-order valence-electron chi connectivity index (χ1n) is 8.27. The fourth-order valence-corrected chi connectivity index (χ4v) is 2.30. The molecule has 1 rings (SSSR count). The Bertz CT molecular complexity index is 590. The SMILES string of the molecule is CC(CCOC(=O)[C@](N)(CCC(N)=O)C(=O)O)CCc1ccccc1. The number of hydrogen-bond acceptors (Lipinski definition) is 5. The molecule has 1 amide bonds. The third kappa shape index (κ3) is 6.93. The average Bonchev–Trinajstić information content (AvgIpc) is 2.58. The zero-order valence-electron chi connectivity index (χ0n) is 14.4. The number of carboxylic acids is 1. The second-order valence-corrected chi connectivity index (χ2v) is 6.30. The van der Waals surface area contributed by atoms with E-state index in [9.17, 15) is 14.4 Å². The van der Waals surface area contributed by atoms with Crippen molar-refractivity contribution >= 4 is 17.8 Å². The van der Waals surface area contributed by atoms with E-state index >= 15 is 0 Å². The molecule has 0 aliphatic carbocycles. The number of esters is 1. The average molecular weight is 350 g/mol. The summed E-state index contributed by atoms with van der Waals surface area (Å²) in [6.07, 6.45) is 1.76. The van der Waals surface area contributed by atoms with Crippen LogP contribution in [0.2, 0.25) is 0 Å². The predicted molar refractivity (Wildman–Crippen MR) is 92.5 cm³/mol. The van der Waals surface area contributed by atoms with Crippen LogP contribution in [0, 0.1) is 5.92 Å². The number of carboxylic acid groups (broad SMARTS) is 1. The van der Waals surface area contributed by atoms with Crippen LogP contribution in [-0.4, -0.2) is 35.1 Å². The first-order chi connectivity index (χ1) is 11.8. The van der Waals surface area contributed by atoms with E-state index in [4.69, 9.17) is 21.3 Å². The second kappa shape index (κ2) is 9.78. The van der Waals surface area contributed by atoms with Gasteiger partial charge in [0.2, 0.25) is 11.4 Å². The molecular weight excluding hydrogens is 324 g/mol. The molecule has 2 atom stereocenters. The van der Waals surface area contributed by atoms with Crippen LogP contribution in [0.15, 0.2) is 30.3 Å². The fourth-order valence-electron chi connectivity index (χ4n) is 2.30. The van der Waals surface area contributed by atoms with Crippen molar-refractivity contribution in [2.45, 2.75) is 44.6 Å². The van der Waals surface area contributed by atoms with Gasteiger partial charge in [-0.3, -0.25) is 4.79 Å². The van der Waals surface area contributed by atoms with E-state index in [1.807, 2.05) is 25.1 Å². The number of ether oxygens (including phenoxy) is 1. The predicted octanol–water partition coefficient (Wildman–Crippen LogP) is 1.24. The minimum absolute atomic E-state index is 0.0809. The molecule has 0 saturated heterocycles. The molecule has 5 N–H and O–H groups in total. The maximum atomic E-state index is 12.0. The maximum absolute atomic E-state index is 12.0. The lowest BCUT2D eigenvalue weighted by Crippen LogP contribution is -2.56. The number of aliphatic carboxylic acids is 1. The summed E-state index contributed by atoms with van der Waals surface area (Å²) >= 11 is 0. The number of hydrogen-bond donors (Lipinski definition) is 3. The van der Waals surface area contributed by atoms with Crippen LogP contribution < -0.4 is 11.5 Å². The number of amides is 1. The molecule has 7 heteroatoms. The third-order valence-electron chi connectivity index (χ3n) is 4.12. The molecule has 0 fully saturated rings. The lowest BCUT2D eigenvalue weighted by atomic mass is 9.94. The minimum atomic E-state index is -2.25. The van der Waals surface area contributed by atoms with Crippen molar-refractivity contribution in [3.05, 3.63) is 35.9 Å². The summed E-state index contributed by atoms with van der Waals surface area (Å²) in [5.41, 5.74) is 9.58. The van der Waals surface area contributed by atoms with Gasteiger partial charge in [0.05, 0.1) is 6.61 Å². The zero-order valence-corrected chi connectivity index (χ0v) is 14.4. The standard InChI is InChI=1S/C18H26N2O5/c1-13(7-8-14-5-3-2-4-6-14)10-12-25-17(24)18(20,16(22)23)11-9-15(19)21/h2-6,13H,7-12,20H2,1H3,(H2,19,21)(H,22,23)/t13?,18-/m0/s1. The molecule has 0 aliphatic rings. The Balaban J connectivity index is 2.40. The fraction of sp³-hybridized carbons (Fsp3) is 0.500. The summed E-state index contributed by atoms with van der Waals surface area (Å²) in [4.78, 5) is 34.1. The van der Waals surface area contributed by atoms with Crippen LogP contribution >= 0.6 is 0 Å². The van der Waals surface area contributed by atoms with Crippen LogP contribution in [-0.2, 0) is 25.5 Å². The number of primary amides is 1. The summed E-state index contributed by atoms with van der Waals surface area (Å²) in [7, 11) is 0. The van der Waals surface area contributed by atoms with Gasteiger partial charge in [0, 0.05) is 6.42 Å². The van der Waals surface area contributed by atoms with Gasteiger partial charge in [-0.05, 0) is 37.2 Å². The van der Waals surface area contributed by atoms with Crippen molar-refractivity contribution in [2.75, 3.05) is 6.61 Å². The number of carbonyl (C=O) groups excluding carboxylic acids is 2. The van der Waals surface area contributed by atoms with Crippen molar-refractivity contribution in [1.29, 1.82) is 0 Å². The molecule has 0 aliphatic heterocycles. The van der Waals surface area contributed by atoms with Gasteiger partial charge in [0.25, 0.3) is 0 Å². The number of nitrogens with two attached hydrogens (primary N) is 2. The van der Waals surface area contributed by atoms with Gasteiger partial charge in [-0.25, -0.2) is 9.59 Å². The zero-order chi connectivity index (χ0) is 18.9. The van der Waals surface area contributed by atoms with Gasteiger partial charge >= 0.3 is 11.9 Å². The van der Waals surface area contributed by atoms with Crippen LogP contribution in [0.3, 0.4) is 0 Å². The lowest BCUT2D eigenvalue weighted by Gasteiger charge is -2.22. The third-order valence-corrected chi connectivity index (χ3v) is 4.12. The van der Waals surface area contributed by atoms with Crippen molar-refractivity contribution in [1.82, 2.24) is 0 Å². The topological polar surface area (TPSA) is 133 Å². The molecule has 0 spiro atoms. The molecular formula is C18H26N2O5. The van der Waals surface area contributed by atoms with Crippen LogP contribution in [0.5, 0.6) is 0 Å². The summed E-state index contributed by atoms with van der Waals surface area (Å²) < 4.78 is 5.03. The monoisotopic (exact) mass is 350 g/mol. The van der Waals surface area contributed by atoms with Gasteiger partial charge < -0.3 is 21.3 Å². The Morgan fingerprint density at radius 3 is 2.40 bits per heavy atom. The molecule has 0 bridgehead atoms. The summed E-state index contributed by atoms with van der Waals surface area (Å²) in [5.74, 6) is -3.00. The van der Waals surface area contributed by atoms with Gasteiger partial charge in [-0.15, -0.1) is 0 Å². The summed E-state index contributed by atoms with van der Waals surface area (Å²) in [6.45, 7) is 2.12. The molecule has 25 heavy (non-hydrogen) atoms. The largest absolute Gasteiger partial charge is 0.479 e. The highest BCUT2D eigenvalue weighted by Crippen LogP contribution is 2.16. The Morgan fingerprint density at radius 2 is 1.84 bits per heavy atom. The summed E-state index contributed by atoms with van der Waals surface area (Å²) in [5, 5.41) is 9.16. The molecule has 0 aromatic heterocycles. The Labute approximate surface area is 147 Å². The van der Waals surface area contributed by atoms with E-state index in [0.29, 0.717) is 12.3 Å². The molecule has 0 heterocycles. The van der Waals surface area contributed by atoms with Gasteiger partial charge in [-0.1, -0.05) is 37.3 Å². The number of carbonyl (C=O) groups is 3. The van der Waals surface area contributed by atoms with E-state index in [-0.39, 0.29) is 19.4 Å². The van der Waals surface area contributed by atoms with E-state index in [0.717, 1.165) is 12.8 Å². The smallest absolute Gasteiger partial charge is 0.337 e. The normalized spacial score (nSPS) is 14.3. The quantitative estimate of drug-likeness (QED) is 0.406. The number of benzene rings is 1. The Kier molecular flexibility index (Phi) is 8.07. The van der Waals surface area contributed by atoms with Gasteiger partial charge in [-0.2, -0.15) is 0 Å². The van der Waals surface area contributed by atoms with E-state index in [1.165, 1.54) is 5.56 Å². The van der Waals surface area contributed by atoms with E-state index < -0.39 is 23.4 Å². The van der Waals surface area contributed by atoms with Crippen LogP contribution in [0.1, 0.15) is 38.2 Å². The lowest BCUT2D eigenvalue weighted by molar-refractivity contribution is -0.161. The molecule has 0 saturated carbocycles. The number of rotatable bonds is 11.